The van der Waals surface area contributed by atoms with Crippen molar-refractivity contribution >= 4 is 33.3 Å². The van der Waals surface area contributed by atoms with Crippen molar-refractivity contribution < 1.29 is 27.5 Å². The van der Waals surface area contributed by atoms with E-state index in [9.17, 15) is 22.8 Å². The summed E-state index contributed by atoms with van der Waals surface area (Å²) in [5.41, 5.74) is 0.114. The van der Waals surface area contributed by atoms with E-state index in [2.05, 4.69) is 26.0 Å². The lowest BCUT2D eigenvalue weighted by Crippen LogP contribution is -2.26. The van der Waals surface area contributed by atoms with Crippen LogP contribution >= 0.6 is 15.9 Å². The van der Waals surface area contributed by atoms with Gasteiger partial charge in [0.25, 0.3) is 0 Å². The molecule has 9 heteroatoms. The zero-order chi connectivity index (χ0) is 16.2. The van der Waals surface area contributed by atoms with Crippen LogP contribution in [-0.2, 0) is 9.59 Å². The summed E-state index contributed by atoms with van der Waals surface area (Å²) in [5, 5.41) is 10.9. The van der Waals surface area contributed by atoms with Gasteiger partial charge in [-0.05, 0) is 41.1 Å². The van der Waals surface area contributed by atoms with Gasteiger partial charge in [-0.3, -0.25) is 9.59 Å². The van der Waals surface area contributed by atoms with Crippen LogP contribution in [0.5, 0.6) is 5.75 Å². The number of halogens is 4. The van der Waals surface area contributed by atoms with Crippen molar-refractivity contribution in [1.29, 1.82) is 5.26 Å². The first-order valence-electron chi connectivity index (χ1n) is 5.40. The molecule has 1 rings (SSSR count). The van der Waals surface area contributed by atoms with E-state index < -0.39 is 29.7 Å². The van der Waals surface area contributed by atoms with Gasteiger partial charge < -0.3 is 10.1 Å². The number of rotatable bonds is 4. The fraction of sp³-hybridized carbons (Fsp3) is 0.250. The lowest BCUT2D eigenvalue weighted by atomic mass is 10.1. The Kier molecular flexibility index (Phi) is 5.32. The Bertz CT molecular complexity index is 611. The largest absolute Gasteiger partial charge is 0.573 e. The molecule has 1 aromatic rings. The number of Topliss-reactive ketones (excluding diaryl/α,β-unsaturated/α-hetero) is 1. The van der Waals surface area contributed by atoms with Gasteiger partial charge in [0.2, 0.25) is 5.91 Å². The second kappa shape index (κ2) is 6.58. The number of benzene rings is 1. The topological polar surface area (TPSA) is 79.2 Å². The minimum absolute atomic E-state index is 0.0473. The summed E-state index contributed by atoms with van der Waals surface area (Å²) in [6.45, 7) is 1.09. The van der Waals surface area contributed by atoms with Gasteiger partial charge >= 0.3 is 6.36 Å². The molecule has 1 amide bonds. The van der Waals surface area contributed by atoms with E-state index in [1.807, 2.05) is 0 Å². The number of nitrogens with one attached hydrogen (secondary N) is 1. The van der Waals surface area contributed by atoms with Crippen molar-refractivity contribution in [3.05, 3.63) is 22.7 Å². The highest BCUT2D eigenvalue weighted by molar-refractivity contribution is 9.10. The minimum Gasteiger partial charge on any atom is -0.405 e. The molecule has 1 N–H and O–H groups in total. The lowest BCUT2D eigenvalue weighted by molar-refractivity contribution is -0.274. The van der Waals surface area contributed by atoms with E-state index in [0.717, 1.165) is 25.1 Å². The van der Waals surface area contributed by atoms with Crippen LogP contribution in [0.4, 0.5) is 18.9 Å². The number of alkyl halides is 3. The molecule has 0 radical (unpaired) electrons. The Labute approximate surface area is 125 Å². The third kappa shape index (κ3) is 5.07. The fourth-order valence-electron chi connectivity index (χ4n) is 1.33. The maximum Gasteiger partial charge on any atom is 0.573 e. The number of hydrogen-bond acceptors (Lipinski definition) is 4. The number of anilines is 1. The third-order valence-electron chi connectivity index (χ3n) is 2.22. The summed E-state index contributed by atoms with van der Waals surface area (Å²) in [7, 11) is 0. The number of hydrogen-bond donors (Lipinski definition) is 1. The van der Waals surface area contributed by atoms with Crippen LogP contribution in [0, 0.1) is 17.2 Å². The molecule has 0 aromatic heterocycles. The molecule has 0 bridgehead atoms. The van der Waals surface area contributed by atoms with Crippen LogP contribution < -0.4 is 10.1 Å². The van der Waals surface area contributed by atoms with Gasteiger partial charge in [0.15, 0.2) is 11.7 Å². The molecule has 21 heavy (non-hydrogen) atoms. The number of amides is 1. The SMILES string of the molecule is CC(=O)C(C#N)C(=O)Nc1ccc(OC(F)(F)F)c(Br)c1. The normalized spacial score (nSPS) is 12.2. The average molecular weight is 365 g/mol. The highest BCUT2D eigenvalue weighted by Gasteiger charge is 2.32. The van der Waals surface area contributed by atoms with E-state index >= 15 is 0 Å². The number of nitriles is 1. The first kappa shape index (κ1) is 17.0. The zero-order valence-corrected chi connectivity index (χ0v) is 12.1. The second-order valence-electron chi connectivity index (χ2n) is 3.86. The summed E-state index contributed by atoms with van der Waals surface area (Å²) < 4.78 is 39.9. The maximum absolute atomic E-state index is 12.1. The van der Waals surface area contributed by atoms with Gasteiger partial charge in [0.05, 0.1) is 10.5 Å². The predicted octanol–water partition coefficient (Wildman–Crippen LogP) is 3.01. The van der Waals surface area contributed by atoms with Crippen molar-refractivity contribution in [3.8, 4) is 11.8 Å². The second-order valence-corrected chi connectivity index (χ2v) is 4.71. The molecular formula is C12H8BrF3N2O3. The average Bonchev–Trinajstić information content (AvgIpc) is 2.31. The summed E-state index contributed by atoms with van der Waals surface area (Å²) in [6, 6.07) is 4.83. The molecule has 112 valence electrons. The lowest BCUT2D eigenvalue weighted by Gasteiger charge is -2.12. The smallest absolute Gasteiger partial charge is 0.405 e. The molecule has 0 saturated carbocycles. The number of ketones is 1. The number of nitrogens with zero attached hydrogens (tertiary/aromatic N) is 1. The molecule has 5 nitrogen and oxygen atoms in total. The summed E-state index contributed by atoms with van der Waals surface area (Å²) in [5.74, 6) is -3.45. The molecule has 0 spiro atoms. The standard InChI is InChI=1S/C12H8BrF3N2O3/c1-6(19)8(5-17)11(20)18-7-2-3-10(9(13)4-7)21-12(14,15)16/h2-4,8H,1H3,(H,18,20). The summed E-state index contributed by atoms with van der Waals surface area (Å²) in [6.07, 6.45) is -4.84. The first-order chi connectivity index (χ1) is 9.64. The van der Waals surface area contributed by atoms with Gasteiger partial charge in [-0.25, -0.2) is 0 Å². The quantitative estimate of drug-likeness (QED) is 0.832. The number of carbonyl (C=O) groups excluding carboxylic acids is 2. The Balaban J connectivity index is 2.88. The van der Waals surface area contributed by atoms with Crippen LogP contribution in [0.25, 0.3) is 0 Å². The van der Waals surface area contributed by atoms with E-state index in [1.165, 1.54) is 6.07 Å². The molecule has 1 unspecified atom stereocenters. The van der Waals surface area contributed by atoms with Gasteiger partial charge in [0.1, 0.15) is 5.75 Å². The Morgan fingerprint density at radius 3 is 2.48 bits per heavy atom. The maximum atomic E-state index is 12.1. The monoisotopic (exact) mass is 364 g/mol. The molecule has 0 heterocycles. The molecule has 0 fully saturated rings. The van der Waals surface area contributed by atoms with Crippen molar-refractivity contribution in [2.75, 3.05) is 5.32 Å². The molecular weight excluding hydrogens is 357 g/mol. The Hall–Kier alpha value is -2.08. The van der Waals surface area contributed by atoms with Crippen LogP contribution in [0.15, 0.2) is 22.7 Å². The van der Waals surface area contributed by atoms with E-state index in [4.69, 9.17) is 5.26 Å². The first-order valence-corrected chi connectivity index (χ1v) is 6.19. The van der Waals surface area contributed by atoms with Crippen molar-refractivity contribution in [2.24, 2.45) is 5.92 Å². The van der Waals surface area contributed by atoms with Crippen LogP contribution in [0.3, 0.4) is 0 Å². The molecule has 1 aromatic carbocycles. The minimum atomic E-state index is -4.84. The van der Waals surface area contributed by atoms with Gasteiger partial charge in [0, 0.05) is 5.69 Å². The highest BCUT2D eigenvalue weighted by Crippen LogP contribution is 2.32. The van der Waals surface area contributed by atoms with Crippen LogP contribution in [0.1, 0.15) is 6.92 Å². The number of carbonyl (C=O) groups is 2. The van der Waals surface area contributed by atoms with Crippen molar-refractivity contribution in [3.63, 3.8) is 0 Å². The van der Waals surface area contributed by atoms with Gasteiger partial charge in [-0.1, -0.05) is 0 Å². The molecule has 0 aliphatic heterocycles. The van der Waals surface area contributed by atoms with Crippen LogP contribution in [0.2, 0.25) is 0 Å². The molecule has 1 atom stereocenters. The number of ether oxygens (including phenoxy) is 1. The molecule has 0 aliphatic carbocycles. The van der Waals surface area contributed by atoms with E-state index in [-0.39, 0.29) is 10.2 Å². The third-order valence-corrected chi connectivity index (χ3v) is 2.84. The Morgan fingerprint density at radius 2 is 2.05 bits per heavy atom. The highest BCUT2D eigenvalue weighted by atomic mass is 79.9. The fourth-order valence-corrected chi connectivity index (χ4v) is 1.79. The van der Waals surface area contributed by atoms with Crippen molar-refractivity contribution in [1.82, 2.24) is 0 Å². The van der Waals surface area contributed by atoms with Gasteiger partial charge in [-0.15, -0.1) is 13.2 Å². The molecule has 0 aliphatic rings. The predicted molar refractivity (Wildman–Crippen MR) is 69.2 cm³/mol. The van der Waals surface area contributed by atoms with E-state index in [0.29, 0.717) is 0 Å². The van der Waals surface area contributed by atoms with Crippen LogP contribution in [-0.4, -0.2) is 18.1 Å². The van der Waals surface area contributed by atoms with Gasteiger partial charge in [-0.2, -0.15) is 5.26 Å². The zero-order valence-electron chi connectivity index (χ0n) is 10.5. The summed E-state index contributed by atoms with van der Waals surface area (Å²) in [4.78, 5) is 22.7. The van der Waals surface area contributed by atoms with Crippen molar-refractivity contribution in [2.45, 2.75) is 13.3 Å². The summed E-state index contributed by atoms with van der Waals surface area (Å²) >= 11 is 2.86. The van der Waals surface area contributed by atoms with E-state index in [1.54, 1.807) is 0 Å². The molecule has 0 saturated heterocycles. The Morgan fingerprint density at radius 1 is 1.43 bits per heavy atom.